The highest BCUT2D eigenvalue weighted by Crippen LogP contribution is 2.18. The largest absolute Gasteiger partial charge is 0.381 e. The van der Waals surface area contributed by atoms with Crippen molar-refractivity contribution in [1.29, 1.82) is 0 Å². The van der Waals surface area contributed by atoms with Crippen LogP contribution >= 0.6 is 0 Å². The number of rotatable bonds is 7. The van der Waals surface area contributed by atoms with Crippen molar-refractivity contribution in [3.8, 4) is 0 Å². The van der Waals surface area contributed by atoms with E-state index in [1.807, 2.05) is 6.92 Å². The summed E-state index contributed by atoms with van der Waals surface area (Å²) in [6.45, 7) is 11.1. The van der Waals surface area contributed by atoms with Gasteiger partial charge in [0.25, 0.3) is 0 Å². The first-order valence-electron chi connectivity index (χ1n) is 7.71. The number of hydrogen-bond donors (Lipinski definition) is 2. The molecule has 2 atom stereocenters. The minimum absolute atomic E-state index is 0.0237. The molecule has 0 radical (unpaired) electrons. The lowest BCUT2D eigenvalue weighted by atomic mass is 9.93. The van der Waals surface area contributed by atoms with Gasteiger partial charge in [-0.05, 0) is 38.5 Å². The van der Waals surface area contributed by atoms with Crippen molar-refractivity contribution in [2.45, 2.75) is 52.6 Å². The predicted molar refractivity (Wildman–Crippen MR) is 79.8 cm³/mol. The highest BCUT2D eigenvalue weighted by atomic mass is 16.5. The summed E-state index contributed by atoms with van der Waals surface area (Å²) in [5.74, 6) is 1.03. The van der Waals surface area contributed by atoms with E-state index in [4.69, 9.17) is 9.47 Å². The smallest absolute Gasteiger partial charge is 0.315 e. The van der Waals surface area contributed by atoms with E-state index in [9.17, 15) is 4.79 Å². The maximum absolute atomic E-state index is 11.9. The lowest BCUT2D eigenvalue weighted by molar-refractivity contribution is 0.0568. The van der Waals surface area contributed by atoms with Gasteiger partial charge in [-0.3, -0.25) is 0 Å². The van der Waals surface area contributed by atoms with Gasteiger partial charge in [0.2, 0.25) is 0 Å². The van der Waals surface area contributed by atoms with Crippen molar-refractivity contribution < 1.29 is 14.3 Å². The zero-order chi connectivity index (χ0) is 15.0. The van der Waals surface area contributed by atoms with Gasteiger partial charge in [-0.25, -0.2) is 4.79 Å². The fraction of sp³-hybridized carbons (Fsp3) is 0.933. The Morgan fingerprint density at radius 3 is 2.40 bits per heavy atom. The molecule has 20 heavy (non-hydrogen) atoms. The van der Waals surface area contributed by atoms with Crippen LogP contribution in [0.3, 0.4) is 0 Å². The lowest BCUT2D eigenvalue weighted by Gasteiger charge is -2.28. The summed E-state index contributed by atoms with van der Waals surface area (Å²) in [6, 6.07) is 0.1000. The van der Waals surface area contributed by atoms with E-state index < -0.39 is 0 Å². The van der Waals surface area contributed by atoms with Gasteiger partial charge in [-0.2, -0.15) is 0 Å². The first kappa shape index (κ1) is 17.2. The summed E-state index contributed by atoms with van der Waals surface area (Å²) in [5, 5.41) is 5.94. The van der Waals surface area contributed by atoms with Gasteiger partial charge in [0, 0.05) is 25.9 Å². The van der Waals surface area contributed by atoms with Crippen LogP contribution in [0, 0.1) is 11.8 Å². The molecular formula is C15H30N2O3. The number of nitrogens with one attached hydrogen (secondary N) is 2. The minimum Gasteiger partial charge on any atom is -0.381 e. The van der Waals surface area contributed by atoms with Gasteiger partial charge < -0.3 is 20.1 Å². The minimum atomic E-state index is -0.107. The van der Waals surface area contributed by atoms with Crippen LogP contribution in [-0.4, -0.2) is 44.5 Å². The number of hydrogen-bond acceptors (Lipinski definition) is 3. The highest BCUT2D eigenvalue weighted by molar-refractivity contribution is 5.74. The molecule has 1 heterocycles. The molecule has 118 valence electrons. The molecule has 2 amide bonds. The van der Waals surface area contributed by atoms with Gasteiger partial charge in [-0.15, -0.1) is 0 Å². The van der Waals surface area contributed by atoms with Crippen molar-refractivity contribution in [2.24, 2.45) is 11.8 Å². The maximum Gasteiger partial charge on any atom is 0.315 e. The van der Waals surface area contributed by atoms with Crippen molar-refractivity contribution >= 4 is 6.03 Å². The van der Waals surface area contributed by atoms with Crippen LogP contribution in [0.5, 0.6) is 0 Å². The molecule has 1 fully saturated rings. The molecule has 0 spiro atoms. The molecule has 0 saturated carbocycles. The Kier molecular flexibility index (Phi) is 7.92. The summed E-state index contributed by atoms with van der Waals surface area (Å²) in [7, 11) is 0. The second-order valence-electron chi connectivity index (χ2n) is 6.19. The van der Waals surface area contributed by atoms with Gasteiger partial charge in [-0.1, -0.05) is 13.8 Å². The molecule has 1 aliphatic rings. The molecular weight excluding hydrogens is 256 g/mol. The van der Waals surface area contributed by atoms with E-state index in [2.05, 4.69) is 31.4 Å². The van der Waals surface area contributed by atoms with Crippen molar-refractivity contribution in [2.75, 3.05) is 26.4 Å². The molecule has 5 nitrogen and oxygen atoms in total. The Morgan fingerprint density at radius 1 is 1.15 bits per heavy atom. The lowest BCUT2D eigenvalue weighted by Crippen LogP contribution is -2.48. The van der Waals surface area contributed by atoms with E-state index in [1.165, 1.54) is 0 Å². The zero-order valence-electron chi connectivity index (χ0n) is 13.3. The number of amides is 2. The number of urea groups is 1. The molecule has 0 aromatic heterocycles. The summed E-state index contributed by atoms with van der Waals surface area (Å²) in [4.78, 5) is 11.9. The first-order valence-corrected chi connectivity index (χ1v) is 7.71. The maximum atomic E-state index is 11.9. The average Bonchev–Trinajstić information content (AvgIpc) is 2.38. The molecule has 0 aliphatic carbocycles. The van der Waals surface area contributed by atoms with Crippen LogP contribution in [0.1, 0.15) is 40.5 Å². The second-order valence-corrected chi connectivity index (χ2v) is 6.19. The summed E-state index contributed by atoms with van der Waals surface area (Å²) in [5.41, 5.74) is 0. The standard InChI is InChI=1S/C15H30N2O3/c1-11(2)9-20-10-12(3)16-15(18)17-13(4)14-5-7-19-8-6-14/h11-14H,5-10H2,1-4H3,(H2,16,17,18). The van der Waals surface area contributed by atoms with Gasteiger partial charge in [0.05, 0.1) is 12.6 Å². The van der Waals surface area contributed by atoms with E-state index in [0.717, 1.165) is 32.7 Å². The van der Waals surface area contributed by atoms with Crippen LogP contribution in [0.4, 0.5) is 4.79 Å². The molecule has 1 rings (SSSR count). The molecule has 2 N–H and O–H groups in total. The van der Waals surface area contributed by atoms with Crippen molar-refractivity contribution in [1.82, 2.24) is 10.6 Å². The molecule has 0 aromatic carbocycles. The van der Waals surface area contributed by atoms with Crippen LogP contribution < -0.4 is 10.6 Å². The predicted octanol–water partition coefficient (Wildman–Crippen LogP) is 2.16. The molecule has 0 aromatic rings. The number of carbonyl (C=O) groups is 1. The molecule has 1 saturated heterocycles. The summed E-state index contributed by atoms with van der Waals surface area (Å²) < 4.78 is 10.9. The first-order chi connectivity index (χ1) is 9.49. The second kappa shape index (κ2) is 9.19. The Morgan fingerprint density at radius 2 is 1.80 bits per heavy atom. The molecule has 5 heteroatoms. The fourth-order valence-electron chi connectivity index (χ4n) is 2.33. The third-order valence-corrected chi connectivity index (χ3v) is 3.53. The van der Waals surface area contributed by atoms with Crippen molar-refractivity contribution in [3.05, 3.63) is 0 Å². The van der Waals surface area contributed by atoms with Crippen LogP contribution in [0.2, 0.25) is 0 Å². The van der Waals surface area contributed by atoms with Crippen molar-refractivity contribution in [3.63, 3.8) is 0 Å². The third-order valence-electron chi connectivity index (χ3n) is 3.53. The van der Waals surface area contributed by atoms with Crippen LogP contribution in [0.15, 0.2) is 0 Å². The monoisotopic (exact) mass is 286 g/mol. The molecule has 2 unspecified atom stereocenters. The Balaban J connectivity index is 2.17. The Labute approximate surface area is 122 Å². The van der Waals surface area contributed by atoms with E-state index in [1.54, 1.807) is 0 Å². The zero-order valence-corrected chi connectivity index (χ0v) is 13.3. The van der Waals surface area contributed by atoms with Crippen LogP contribution in [-0.2, 0) is 9.47 Å². The normalized spacial score (nSPS) is 19.6. The van der Waals surface area contributed by atoms with E-state index in [-0.39, 0.29) is 18.1 Å². The molecule has 0 bridgehead atoms. The van der Waals surface area contributed by atoms with E-state index >= 15 is 0 Å². The fourth-order valence-corrected chi connectivity index (χ4v) is 2.33. The van der Waals surface area contributed by atoms with Crippen LogP contribution in [0.25, 0.3) is 0 Å². The number of carbonyl (C=O) groups excluding carboxylic acids is 1. The van der Waals surface area contributed by atoms with E-state index in [0.29, 0.717) is 18.4 Å². The SMILES string of the molecule is CC(C)COCC(C)NC(=O)NC(C)C1CCOCC1. The average molecular weight is 286 g/mol. The summed E-state index contributed by atoms with van der Waals surface area (Å²) in [6.07, 6.45) is 2.04. The molecule has 1 aliphatic heterocycles. The topological polar surface area (TPSA) is 59.6 Å². The highest BCUT2D eigenvalue weighted by Gasteiger charge is 2.22. The van der Waals surface area contributed by atoms with Gasteiger partial charge in [0.15, 0.2) is 0 Å². The Hall–Kier alpha value is -0.810. The summed E-state index contributed by atoms with van der Waals surface area (Å²) >= 11 is 0. The number of ether oxygens (including phenoxy) is 2. The Bertz CT molecular complexity index is 278. The quantitative estimate of drug-likeness (QED) is 0.754. The van der Waals surface area contributed by atoms with Gasteiger partial charge >= 0.3 is 6.03 Å². The third kappa shape index (κ3) is 7.10. The van der Waals surface area contributed by atoms with Gasteiger partial charge in [0.1, 0.15) is 0 Å².